The largest absolute Gasteiger partial charge is 0.465 e. The SMILES string of the molecule is Cc1ccc(-c2ccc(C[C@H](NC(=O)[C@@H](N(C)C(=O)O)C(C)(C)C)[C@@H](O)C[C@H](Cc3ccccc3)NC(=O)[C@@H](N3CCN(Cc4csc(C)n4)C3=O)C(C)(C)C)cc2)nc1. The Hall–Kier alpha value is -5.34. The number of aromatic nitrogens is 2. The van der Waals surface area contributed by atoms with Gasteiger partial charge in [0.1, 0.15) is 12.1 Å². The monoisotopic (exact) mass is 839 g/mol. The van der Waals surface area contributed by atoms with Gasteiger partial charge in [-0.1, -0.05) is 102 Å². The number of amides is 5. The maximum atomic E-state index is 14.6. The molecular weight excluding hydrogens is 779 g/mol. The van der Waals surface area contributed by atoms with E-state index in [4.69, 9.17) is 0 Å². The molecule has 14 heteroatoms. The van der Waals surface area contributed by atoms with Crippen LogP contribution in [0.3, 0.4) is 0 Å². The third kappa shape index (κ3) is 11.9. The minimum atomic E-state index is -1.25. The number of urea groups is 1. The molecule has 0 bridgehead atoms. The fourth-order valence-electron chi connectivity index (χ4n) is 8.00. The van der Waals surface area contributed by atoms with E-state index in [0.29, 0.717) is 26.1 Å². The number of carbonyl (C=O) groups excluding carboxylic acids is 3. The second-order valence-corrected chi connectivity index (χ2v) is 19.2. The molecule has 4 aromatic rings. The van der Waals surface area contributed by atoms with Crippen LogP contribution in [0.5, 0.6) is 0 Å². The van der Waals surface area contributed by atoms with E-state index in [1.165, 1.54) is 18.4 Å². The number of thiazole rings is 1. The van der Waals surface area contributed by atoms with Crippen molar-refractivity contribution in [2.75, 3.05) is 20.1 Å². The molecule has 1 aliphatic heterocycles. The fraction of sp³-hybridized carbons (Fsp3) is 0.478. The molecule has 13 nitrogen and oxygen atoms in total. The Balaban J connectivity index is 1.43. The summed E-state index contributed by atoms with van der Waals surface area (Å²) in [6.45, 7) is 16.3. The number of benzene rings is 2. The van der Waals surface area contributed by atoms with E-state index in [2.05, 4.69) is 20.6 Å². The number of rotatable bonds is 16. The average Bonchev–Trinajstić information content (AvgIpc) is 3.74. The third-order valence-corrected chi connectivity index (χ3v) is 11.7. The van der Waals surface area contributed by atoms with Crippen molar-refractivity contribution in [1.29, 1.82) is 0 Å². The number of nitrogens with zero attached hydrogens (tertiary/aromatic N) is 5. The van der Waals surface area contributed by atoms with Gasteiger partial charge in [0, 0.05) is 43.3 Å². The van der Waals surface area contributed by atoms with Gasteiger partial charge in [-0.25, -0.2) is 14.6 Å². The Kier molecular flexibility index (Phi) is 14.8. The van der Waals surface area contributed by atoms with Crippen molar-refractivity contribution in [3.8, 4) is 11.3 Å². The van der Waals surface area contributed by atoms with Crippen LogP contribution in [0.25, 0.3) is 11.3 Å². The highest BCUT2D eigenvalue weighted by molar-refractivity contribution is 7.09. The van der Waals surface area contributed by atoms with E-state index in [-0.39, 0.29) is 24.8 Å². The second-order valence-electron chi connectivity index (χ2n) is 18.1. The summed E-state index contributed by atoms with van der Waals surface area (Å²) in [5.74, 6) is -0.884. The molecule has 1 aliphatic rings. The first-order valence-corrected chi connectivity index (χ1v) is 21.4. The fourth-order valence-corrected chi connectivity index (χ4v) is 8.61. The molecule has 0 saturated carbocycles. The Labute approximate surface area is 358 Å². The number of aliphatic hydroxyl groups excluding tert-OH is 1. The van der Waals surface area contributed by atoms with Crippen molar-refractivity contribution in [2.45, 2.75) is 111 Å². The van der Waals surface area contributed by atoms with Crippen molar-refractivity contribution in [2.24, 2.45) is 10.8 Å². The standard InChI is InChI=1S/C46H61N7O6S/c1-29-15-20-36(47-26-29)33-18-16-32(17-19-33)24-37(50-41(55)39(45(3,4)5)51(9)44(58)59)38(54)25-34(23-31-13-11-10-12-14-31)49-42(56)40(46(6,7)8)53-22-21-52(43(53)57)27-35-28-60-30(2)48-35/h10-20,26,28,34,37-40,54H,21-25,27H2,1-9H3,(H,49,56)(H,50,55)(H,58,59)/t34-,37-,38-,39+,40+/m0/s1. The number of hydrogen-bond acceptors (Lipinski definition) is 8. The minimum Gasteiger partial charge on any atom is -0.465 e. The lowest BCUT2D eigenvalue weighted by atomic mass is 9.84. The molecule has 5 amide bonds. The zero-order valence-electron chi connectivity index (χ0n) is 36.3. The average molecular weight is 840 g/mol. The van der Waals surface area contributed by atoms with Crippen LogP contribution in [-0.4, -0.2) is 109 Å². The summed E-state index contributed by atoms with van der Waals surface area (Å²) in [5.41, 5.74) is 3.93. The quantitative estimate of drug-likeness (QED) is 0.0967. The van der Waals surface area contributed by atoms with Gasteiger partial charge in [0.2, 0.25) is 11.8 Å². The van der Waals surface area contributed by atoms with Crippen LogP contribution >= 0.6 is 11.3 Å². The third-order valence-electron chi connectivity index (χ3n) is 10.9. The highest BCUT2D eigenvalue weighted by atomic mass is 32.1. The van der Waals surface area contributed by atoms with Crippen LogP contribution in [0.2, 0.25) is 0 Å². The Bertz CT molecular complexity index is 2080. The Morgan fingerprint density at radius 2 is 1.53 bits per heavy atom. The summed E-state index contributed by atoms with van der Waals surface area (Å²) < 4.78 is 0. The molecule has 2 aromatic carbocycles. The Morgan fingerprint density at radius 3 is 2.10 bits per heavy atom. The number of aryl methyl sites for hydroxylation is 2. The number of hydrogen-bond donors (Lipinski definition) is 4. The van der Waals surface area contributed by atoms with E-state index < -0.39 is 53.1 Å². The summed E-state index contributed by atoms with van der Waals surface area (Å²) >= 11 is 1.53. The van der Waals surface area contributed by atoms with Gasteiger partial charge in [0.05, 0.1) is 35.1 Å². The second kappa shape index (κ2) is 19.4. The lowest BCUT2D eigenvalue weighted by Crippen LogP contribution is -2.59. The maximum absolute atomic E-state index is 14.6. The minimum absolute atomic E-state index is 0.0476. The van der Waals surface area contributed by atoms with E-state index in [1.807, 2.05) is 113 Å². The predicted molar refractivity (Wildman–Crippen MR) is 234 cm³/mol. The van der Waals surface area contributed by atoms with Gasteiger partial charge in [-0.05, 0) is 66.7 Å². The molecule has 322 valence electrons. The number of nitrogens with one attached hydrogen (secondary N) is 2. The number of likely N-dealkylation sites (N-methyl/N-ethyl adjacent to an activating group) is 1. The topological polar surface area (TPSA) is 168 Å². The molecule has 5 rings (SSSR count). The van der Waals surface area contributed by atoms with Gasteiger partial charge in [0.25, 0.3) is 0 Å². The lowest BCUT2D eigenvalue weighted by Gasteiger charge is -2.38. The summed E-state index contributed by atoms with van der Waals surface area (Å²) in [7, 11) is 1.36. The van der Waals surface area contributed by atoms with Crippen molar-refractivity contribution in [3.05, 3.63) is 106 Å². The van der Waals surface area contributed by atoms with E-state index >= 15 is 0 Å². The number of pyridine rings is 1. The van der Waals surface area contributed by atoms with Crippen molar-refractivity contribution >= 4 is 35.3 Å². The zero-order chi connectivity index (χ0) is 43.9. The van der Waals surface area contributed by atoms with Gasteiger partial charge >= 0.3 is 12.1 Å². The van der Waals surface area contributed by atoms with Gasteiger partial charge in [-0.3, -0.25) is 19.5 Å². The van der Waals surface area contributed by atoms with E-state index in [0.717, 1.165) is 43.5 Å². The van der Waals surface area contributed by atoms with E-state index in [9.17, 15) is 29.4 Å². The molecule has 1 fully saturated rings. The van der Waals surface area contributed by atoms with Crippen LogP contribution in [0.4, 0.5) is 9.59 Å². The van der Waals surface area contributed by atoms with Crippen LogP contribution < -0.4 is 10.6 Å². The molecule has 0 aliphatic carbocycles. The van der Waals surface area contributed by atoms with Crippen LogP contribution in [-0.2, 0) is 29.0 Å². The number of carbonyl (C=O) groups is 4. The summed E-state index contributed by atoms with van der Waals surface area (Å²) in [6, 6.07) is 17.7. The molecule has 4 N–H and O–H groups in total. The van der Waals surface area contributed by atoms with Crippen molar-refractivity contribution in [3.63, 3.8) is 0 Å². The molecule has 5 atom stereocenters. The van der Waals surface area contributed by atoms with Gasteiger partial charge in [0.15, 0.2) is 0 Å². The van der Waals surface area contributed by atoms with Crippen molar-refractivity contribution < 1.29 is 29.4 Å². The molecular formula is C46H61N7O6S. The van der Waals surface area contributed by atoms with Crippen LogP contribution in [0, 0.1) is 24.7 Å². The molecule has 2 aromatic heterocycles. The van der Waals surface area contributed by atoms with Gasteiger partial charge in [-0.2, -0.15) is 0 Å². The summed E-state index contributed by atoms with van der Waals surface area (Å²) in [4.78, 5) is 68.1. The zero-order valence-corrected chi connectivity index (χ0v) is 37.1. The van der Waals surface area contributed by atoms with Gasteiger partial charge in [-0.15, -0.1) is 11.3 Å². The summed E-state index contributed by atoms with van der Waals surface area (Å²) in [6.07, 6.45) is 0.00752. The normalized spacial score (nSPS) is 15.9. The first-order valence-electron chi connectivity index (χ1n) is 20.5. The summed E-state index contributed by atoms with van der Waals surface area (Å²) in [5, 5.41) is 31.3. The van der Waals surface area contributed by atoms with Crippen LogP contribution in [0.1, 0.15) is 75.4 Å². The smallest absolute Gasteiger partial charge is 0.407 e. The molecule has 0 radical (unpaired) electrons. The maximum Gasteiger partial charge on any atom is 0.407 e. The highest BCUT2D eigenvalue weighted by Crippen LogP contribution is 2.30. The molecule has 60 heavy (non-hydrogen) atoms. The first-order chi connectivity index (χ1) is 28.2. The van der Waals surface area contributed by atoms with E-state index in [1.54, 1.807) is 30.6 Å². The number of aliphatic hydroxyl groups is 1. The predicted octanol–water partition coefficient (Wildman–Crippen LogP) is 6.70. The Morgan fingerprint density at radius 1 is 0.867 bits per heavy atom. The molecule has 0 unspecified atom stereocenters. The first kappa shape index (κ1) is 45.7. The van der Waals surface area contributed by atoms with Crippen LogP contribution in [0.15, 0.2) is 78.3 Å². The highest BCUT2D eigenvalue weighted by Gasteiger charge is 2.44. The van der Waals surface area contributed by atoms with Gasteiger partial charge < -0.3 is 30.6 Å². The molecule has 1 saturated heterocycles. The van der Waals surface area contributed by atoms with Crippen molar-refractivity contribution in [1.82, 2.24) is 35.3 Å². The molecule has 0 spiro atoms. The molecule has 3 heterocycles. The lowest BCUT2D eigenvalue weighted by molar-refractivity contribution is -0.131. The number of carboxylic acid groups (broad SMARTS) is 1.